The molecule has 0 amide bonds. The van der Waals surface area contributed by atoms with Crippen LogP contribution in [0.25, 0.3) is 0 Å². The van der Waals surface area contributed by atoms with Crippen molar-refractivity contribution in [2.45, 2.75) is 36.3 Å². The van der Waals surface area contributed by atoms with Crippen LogP contribution in [0.15, 0.2) is 41.3 Å². The first-order valence-corrected chi connectivity index (χ1v) is 9.75. The highest BCUT2D eigenvalue weighted by Crippen LogP contribution is 2.46. The maximum Gasteiger partial charge on any atom is 0.187 e. The summed E-state index contributed by atoms with van der Waals surface area (Å²) in [5.41, 5.74) is 0.133. The van der Waals surface area contributed by atoms with E-state index in [1.165, 1.54) is 12.1 Å². The molecule has 0 N–H and O–H groups in total. The van der Waals surface area contributed by atoms with E-state index in [2.05, 4.69) is 0 Å². The van der Waals surface area contributed by atoms with Gasteiger partial charge in [-0.25, -0.2) is 17.2 Å². The van der Waals surface area contributed by atoms with Crippen LogP contribution in [0.3, 0.4) is 0 Å². The third kappa shape index (κ3) is 2.74. The minimum Gasteiger partial charge on any atom is -0.223 e. The molecule has 2 aromatic carbocycles. The maximum atomic E-state index is 14.5. The molecule has 2 aromatic rings. The summed E-state index contributed by atoms with van der Waals surface area (Å²) >= 11 is 6.07. The Morgan fingerprint density at radius 1 is 1.12 bits per heavy atom. The lowest BCUT2D eigenvalue weighted by molar-refractivity contribution is 0.396. The summed E-state index contributed by atoms with van der Waals surface area (Å²) in [6.45, 7) is 1.86. The van der Waals surface area contributed by atoms with Gasteiger partial charge < -0.3 is 0 Å². The van der Waals surface area contributed by atoms with Gasteiger partial charge in [0.15, 0.2) is 9.84 Å². The Hall–Kier alpha value is -1.46. The van der Waals surface area contributed by atoms with Gasteiger partial charge in [0.25, 0.3) is 0 Å². The number of fused-ring (bicyclic) bond motifs is 1. The number of halogens is 3. The molecule has 0 aromatic heterocycles. The number of rotatable bonds is 3. The summed E-state index contributed by atoms with van der Waals surface area (Å²) in [5.74, 6) is -1.51. The molecule has 24 heavy (non-hydrogen) atoms. The topological polar surface area (TPSA) is 34.1 Å². The van der Waals surface area contributed by atoms with Gasteiger partial charge in [0.2, 0.25) is 0 Å². The Balaban J connectivity index is 2.26. The second-order valence-electron chi connectivity index (χ2n) is 6.02. The minimum atomic E-state index is -3.95. The van der Waals surface area contributed by atoms with E-state index in [9.17, 15) is 17.2 Å². The van der Waals surface area contributed by atoms with Crippen LogP contribution in [-0.2, 0) is 16.3 Å². The highest BCUT2D eigenvalue weighted by molar-refractivity contribution is 7.91. The molecule has 0 heterocycles. The van der Waals surface area contributed by atoms with Crippen LogP contribution in [0.5, 0.6) is 0 Å². The second-order valence-corrected chi connectivity index (χ2v) is 8.47. The lowest BCUT2D eigenvalue weighted by atomic mass is 9.81. The third-order valence-corrected chi connectivity index (χ3v) is 7.43. The SMILES string of the molecule is CC[C@H]1CCc2c(F)ccc(F)c2[C@H]1S(=O)(=O)c1ccccc1Cl. The molecule has 0 spiro atoms. The molecular formula is C18H17ClF2O2S. The first-order valence-electron chi connectivity index (χ1n) is 7.83. The molecule has 2 nitrogen and oxygen atoms in total. The molecule has 0 saturated heterocycles. The fraction of sp³-hybridized carbons (Fsp3) is 0.333. The average Bonchev–Trinajstić information content (AvgIpc) is 2.57. The van der Waals surface area contributed by atoms with Gasteiger partial charge in [-0.1, -0.05) is 37.1 Å². The van der Waals surface area contributed by atoms with E-state index in [0.717, 1.165) is 12.1 Å². The van der Waals surface area contributed by atoms with Crippen molar-refractivity contribution in [3.63, 3.8) is 0 Å². The van der Waals surface area contributed by atoms with E-state index in [-0.39, 0.29) is 27.0 Å². The predicted molar refractivity (Wildman–Crippen MR) is 89.8 cm³/mol. The van der Waals surface area contributed by atoms with Crippen molar-refractivity contribution < 1.29 is 17.2 Å². The van der Waals surface area contributed by atoms with E-state index in [4.69, 9.17) is 11.6 Å². The minimum absolute atomic E-state index is 0.0342. The van der Waals surface area contributed by atoms with Crippen LogP contribution < -0.4 is 0 Å². The lowest BCUT2D eigenvalue weighted by Crippen LogP contribution is -2.29. The number of benzene rings is 2. The first-order chi connectivity index (χ1) is 11.4. The van der Waals surface area contributed by atoms with E-state index in [0.29, 0.717) is 19.3 Å². The maximum absolute atomic E-state index is 14.5. The lowest BCUT2D eigenvalue weighted by Gasteiger charge is -2.33. The monoisotopic (exact) mass is 370 g/mol. The summed E-state index contributed by atoms with van der Waals surface area (Å²) < 4.78 is 55.1. The quantitative estimate of drug-likeness (QED) is 0.752. The van der Waals surface area contributed by atoms with Gasteiger partial charge in [-0.15, -0.1) is 0 Å². The zero-order chi connectivity index (χ0) is 17.5. The van der Waals surface area contributed by atoms with Crippen LogP contribution in [0, 0.1) is 17.6 Å². The normalized spacial score (nSPS) is 20.7. The number of hydrogen-bond donors (Lipinski definition) is 0. The van der Waals surface area contributed by atoms with Crippen molar-refractivity contribution >= 4 is 21.4 Å². The Labute approximate surface area is 145 Å². The van der Waals surface area contributed by atoms with Gasteiger partial charge in [0, 0.05) is 5.56 Å². The molecule has 2 atom stereocenters. The van der Waals surface area contributed by atoms with Crippen LogP contribution in [0.2, 0.25) is 5.02 Å². The van der Waals surface area contributed by atoms with Gasteiger partial charge in [-0.3, -0.25) is 0 Å². The summed E-state index contributed by atoms with van der Waals surface area (Å²) in [4.78, 5) is -0.0355. The molecule has 0 bridgehead atoms. The molecule has 0 unspecified atom stereocenters. The predicted octanol–water partition coefficient (Wildman–Crippen LogP) is 5.11. The summed E-state index contributed by atoms with van der Waals surface area (Å²) in [6.07, 6.45) is 1.40. The molecule has 3 rings (SSSR count). The Bertz CT molecular complexity index is 881. The van der Waals surface area contributed by atoms with Crippen molar-refractivity contribution in [1.82, 2.24) is 0 Å². The second kappa shape index (κ2) is 6.45. The third-order valence-electron chi connectivity index (χ3n) is 4.73. The highest BCUT2D eigenvalue weighted by atomic mass is 35.5. The largest absolute Gasteiger partial charge is 0.223 e. The Morgan fingerprint density at radius 2 is 1.79 bits per heavy atom. The number of hydrogen-bond acceptors (Lipinski definition) is 2. The molecule has 0 aliphatic heterocycles. The van der Waals surface area contributed by atoms with Crippen LogP contribution in [0.1, 0.15) is 36.1 Å². The fourth-order valence-electron chi connectivity index (χ4n) is 3.53. The highest BCUT2D eigenvalue weighted by Gasteiger charge is 2.42. The molecule has 1 aliphatic rings. The van der Waals surface area contributed by atoms with Gasteiger partial charge >= 0.3 is 0 Å². The Morgan fingerprint density at radius 3 is 2.46 bits per heavy atom. The van der Waals surface area contributed by atoms with Gasteiger partial charge in [-0.2, -0.15) is 0 Å². The van der Waals surface area contributed by atoms with Crippen LogP contribution in [-0.4, -0.2) is 8.42 Å². The van der Waals surface area contributed by atoms with E-state index in [1.54, 1.807) is 12.1 Å². The molecule has 1 aliphatic carbocycles. The summed E-state index contributed by atoms with van der Waals surface area (Å²) in [6, 6.07) is 8.16. The van der Waals surface area contributed by atoms with Crippen molar-refractivity contribution in [2.75, 3.05) is 0 Å². The molecule has 0 radical (unpaired) electrons. The Kier molecular flexibility index (Phi) is 4.67. The van der Waals surface area contributed by atoms with Crippen molar-refractivity contribution in [3.8, 4) is 0 Å². The molecule has 128 valence electrons. The molecular weight excluding hydrogens is 354 g/mol. The fourth-order valence-corrected chi connectivity index (χ4v) is 6.27. The van der Waals surface area contributed by atoms with Crippen LogP contribution in [0.4, 0.5) is 8.78 Å². The standard InChI is InChI=1S/C18H17ClF2O2S/c1-2-11-7-8-12-14(20)9-10-15(21)17(12)18(11)24(22,23)16-6-4-3-5-13(16)19/h3-6,9-11,18H,2,7-8H2,1H3/t11-,18-/m0/s1. The molecule has 6 heteroatoms. The van der Waals surface area contributed by atoms with Gasteiger partial charge in [0.1, 0.15) is 11.6 Å². The summed E-state index contributed by atoms with van der Waals surface area (Å²) in [7, 11) is -3.95. The zero-order valence-electron chi connectivity index (χ0n) is 13.1. The number of sulfone groups is 1. The van der Waals surface area contributed by atoms with Crippen LogP contribution >= 0.6 is 11.6 Å². The molecule has 0 saturated carbocycles. The van der Waals surface area contributed by atoms with Gasteiger partial charge in [0.05, 0.1) is 15.2 Å². The van der Waals surface area contributed by atoms with E-state index < -0.39 is 26.7 Å². The molecule has 0 fully saturated rings. The van der Waals surface area contributed by atoms with E-state index >= 15 is 0 Å². The first kappa shape index (κ1) is 17.4. The van der Waals surface area contributed by atoms with Crippen molar-refractivity contribution in [3.05, 3.63) is 64.2 Å². The zero-order valence-corrected chi connectivity index (χ0v) is 14.7. The van der Waals surface area contributed by atoms with E-state index in [1.807, 2.05) is 6.92 Å². The summed E-state index contributed by atoms with van der Waals surface area (Å²) in [5, 5.41) is -1.03. The van der Waals surface area contributed by atoms with Gasteiger partial charge in [-0.05, 0) is 48.6 Å². The smallest absolute Gasteiger partial charge is 0.187 e. The van der Waals surface area contributed by atoms with Crippen molar-refractivity contribution in [1.29, 1.82) is 0 Å². The average molecular weight is 371 g/mol. The van der Waals surface area contributed by atoms with Crippen molar-refractivity contribution in [2.24, 2.45) is 5.92 Å².